The molecule has 17 heavy (non-hydrogen) atoms. The second kappa shape index (κ2) is 3.52. The lowest BCUT2D eigenvalue weighted by Crippen LogP contribution is -1.83. The quantitative estimate of drug-likeness (QED) is 0.624. The monoisotopic (exact) mass is 225 g/mol. The number of rotatable bonds is 1. The van der Waals surface area contributed by atoms with E-state index in [1.165, 1.54) is 0 Å². The van der Waals surface area contributed by atoms with Crippen LogP contribution in [-0.2, 0) is 0 Å². The lowest BCUT2D eigenvalue weighted by Gasteiger charge is -1.96. The van der Waals surface area contributed by atoms with Gasteiger partial charge in [-0.3, -0.25) is 0 Å². The number of benzene rings is 1. The van der Waals surface area contributed by atoms with Crippen LogP contribution in [0.2, 0.25) is 0 Å². The Morgan fingerprint density at radius 2 is 1.88 bits per heavy atom. The van der Waals surface area contributed by atoms with E-state index in [1.54, 1.807) is 16.5 Å². The zero-order chi connectivity index (χ0) is 11.8. The molecule has 0 fully saturated rings. The molecule has 3 rings (SSSR count). The van der Waals surface area contributed by atoms with Gasteiger partial charge in [0, 0.05) is 23.6 Å². The van der Waals surface area contributed by atoms with Crippen LogP contribution in [-0.4, -0.2) is 14.5 Å². The summed E-state index contributed by atoms with van der Waals surface area (Å²) in [6.07, 6.45) is 3.73. The van der Waals surface area contributed by atoms with E-state index in [0.29, 0.717) is 5.65 Å². The van der Waals surface area contributed by atoms with E-state index in [0.717, 1.165) is 16.9 Å². The molecule has 0 bridgehead atoms. The van der Waals surface area contributed by atoms with Crippen molar-refractivity contribution < 1.29 is 5.11 Å². The van der Waals surface area contributed by atoms with Crippen molar-refractivity contribution in [3.8, 4) is 17.0 Å². The van der Waals surface area contributed by atoms with Crippen molar-refractivity contribution >= 4 is 11.3 Å². The molecule has 0 saturated carbocycles. The van der Waals surface area contributed by atoms with Gasteiger partial charge in [-0.1, -0.05) is 12.1 Å². The van der Waals surface area contributed by atoms with Gasteiger partial charge in [0.25, 0.3) is 0 Å². The molecule has 0 amide bonds. The fraction of sp³-hybridized carbons (Fsp3) is 0. The van der Waals surface area contributed by atoms with Gasteiger partial charge in [-0.05, 0) is 24.3 Å². The number of hydrogen-bond acceptors (Lipinski definition) is 3. The summed E-state index contributed by atoms with van der Waals surface area (Å²) in [5.74, 6) is 0.175. The van der Waals surface area contributed by atoms with Crippen LogP contribution in [0.3, 0.4) is 0 Å². The third kappa shape index (κ3) is 1.59. The largest absolute Gasteiger partial charge is 0.504 e. The maximum Gasteiger partial charge on any atom is 0.180 e. The summed E-state index contributed by atoms with van der Waals surface area (Å²) in [6.45, 7) is 0. The van der Waals surface area contributed by atoms with Gasteiger partial charge in [0.2, 0.25) is 0 Å². The minimum absolute atomic E-state index is 0.175. The van der Waals surface area contributed by atoms with Crippen LogP contribution in [0.1, 0.15) is 0 Å². The Labute approximate surface area is 98.0 Å². The van der Waals surface area contributed by atoms with Crippen molar-refractivity contribution in [1.29, 1.82) is 0 Å². The maximum atomic E-state index is 9.67. The zero-order valence-corrected chi connectivity index (χ0v) is 9.04. The molecule has 0 aliphatic heterocycles. The number of hydrogen-bond donors (Lipinski definition) is 2. The topological polar surface area (TPSA) is 63.5 Å². The average Bonchev–Trinajstić information content (AvgIpc) is 2.75. The molecule has 0 saturated heterocycles. The second-order valence-electron chi connectivity index (χ2n) is 3.87. The first-order valence-electron chi connectivity index (χ1n) is 5.26. The highest BCUT2D eigenvalue weighted by molar-refractivity contribution is 5.67. The summed E-state index contributed by atoms with van der Waals surface area (Å²) in [5, 5.41) is 9.67. The summed E-state index contributed by atoms with van der Waals surface area (Å²) in [7, 11) is 0. The molecule has 2 aromatic heterocycles. The first kappa shape index (κ1) is 9.72. The van der Waals surface area contributed by atoms with Crippen LogP contribution >= 0.6 is 0 Å². The molecule has 0 unspecified atom stereocenters. The highest BCUT2D eigenvalue weighted by Gasteiger charge is 2.06. The minimum Gasteiger partial charge on any atom is -0.504 e. The van der Waals surface area contributed by atoms with Crippen LogP contribution in [0.25, 0.3) is 16.9 Å². The fourth-order valence-electron chi connectivity index (χ4n) is 1.79. The Balaban J connectivity index is 2.18. The summed E-state index contributed by atoms with van der Waals surface area (Å²) in [6, 6.07) is 10.9. The molecule has 3 aromatic rings. The predicted octanol–water partition coefficient (Wildman–Crippen LogP) is 2.29. The normalized spacial score (nSPS) is 10.8. The van der Waals surface area contributed by atoms with Crippen molar-refractivity contribution in [3.63, 3.8) is 0 Å². The minimum atomic E-state index is 0.175. The molecule has 2 heterocycles. The van der Waals surface area contributed by atoms with E-state index in [2.05, 4.69) is 4.98 Å². The summed E-state index contributed by atoms with van der Waals surface area (Å²) in [4.78, 5) is 4.38. The van der Waals surface area contributed by atoms with Gasteiger partial charge >= 0.3 is 0 Å². The number of nitrogens with two attached hydrogens (primary N) is 1. The lowest BCUT2D eigenvalue weighted by atomic mass is 10.1. The zero-order valence-electron chi connectivity index (χ0n) is 9.04. The number of aromatic hydroxyl groups is 1. The van der Waals surface area contributed by atoms with Gasteiger partial charge in [0.1, 0.15) is 0 Å². The van der Waals surface area contributed by atoms with Crippen LogP contribution in [0, 0.1) is 0 Å². The summed E-state index contributed by atoms with van der Waals surface area (Å²) in [5.41, 5.74) is 8.70. The van der Waals surface area contributed by atoms with E-state index < -0.39 is 0 Å². The average molecular weight is 225 g/mol. The molecule has 0 aliphatic carbocycles. The van der Waals surface area contributed by atoms with Gasteiger partial charge in [-0.25, -0.2) is 4.98 Å². The Bertz CT molecular complexity index is 671. The second-order valence-corrected chi connectivity index (χ2v) is 3.87. The smallest absolute Gasteiger partial charge is 0.180 e. The van der Waals surface area contributed by atoms with Gasteiger partial charge in [-0.15, -0.1) is 0 Å². The number of imidazole rings is 1. The predicted molar refractivity (Wildman–Crippen MR) is 66.7 cm³/mol. The third-order valence-electron chi connectivity index (χ3n) is 2.67. The first-order chi connectivity index (χ1) is 8.24. The van der Waals surface area contributed by atoms with E-state index in [9.17, 15) is 5.11 Å². The Hall–Kier alpha value is -2.49. The molecular formula is C13H11N3O. The molecule has 3 N–H and O–H groups in total. The molecule has 0 radical (unpaired) electrons. The summed E-state index contributed by atoms with van der Waals surface area (Å²) >= 11 is 0. The van der Waals surface area contributed by atoms with E-state index in [1.807, 2.05) is 36.7 Å². The third-order valence-corrected chi connectivity index (χ3v) is 2.67. The van der Waals surface area contributed by atoms with Gasteiger partial charge in [0.15, 0.2) is 11.4 Å². The SMILES string of the molecule is Nc1ccc(-c2cn3cccc(O)c3n2)cc1. The van der Waals surface area contributed by atoms with Gasteiger partial charge in [-0.2, -0.15) is 0 Å². The van der Waals surface area contributed by atoms with E-state index in [4.69, 9.17) is 5.73 Å². The van der Waals surface area contributed by atoms with Crippen molar-refractivity contribution in [2.75, 3.05) is 5.73 Å². The van der Waals surface area contributed by atoms with E-state index in [-0.39, 0.29) is 5.75 Å². The highest BCUT2D eigenvalue weighted by atomic mass is 16.3. The Morgan fingerprint density at radius 1 is 1.12 bits per heavy atom. The van der Waals surface area contributed by atoms with Crippen LogP contribution < -0.4 is 5.73 Å². The van der Waals surface area contributed by atoms with Crippen molar-refractivity contribution in [3.05, 3.63) is 48.8 Å². The van der Waals surface area contributed by atoms with E-state index >= 15 is 0 Å². The summed E-state index contributed by atoms with van der Waals surface area (Å²) < 4.78 is 1.79. The van der Waals surface area contributed by atoms with Crippen LogP contribution in [0.15, 0.2) is 48.8 Å². The van der Waals surface area contributed by atoms with Crippen molar-refractivity contribution in [2.24, 2.45) is 0 Å². The lowest BCUT2D eigenvalue weighted by molar-refractivity contribution is 0.477. The molecule has 0 atom stereocenters. The maximum absolute atomic E-state index is 9.67. The molecule has 0 aliphatic rings. The number of nitrogens with zero attached hydrogens (tertiary/aromatic N) is 2. The van der Waals surface area contributed by atoms with Gasteiger partial charge in [0.05, 0.1) is 5.69 Å². The number of nitrogen functional groups attached to an aromatic ring is 1. The first-order valence-corrected chi connectivity index (χ1v) is 5.26. The molecule has 84 valence electrons. The molecule has 0 spiro atoms. The number of pyridine rings is 1. The number of aromatic nitrogens is 2. The van der Waals surface area contributed by atoms with Crippen LogP contribution in [0.4, 0.5) is 5.69 Å². The van der Waals surface area contributed by atoms with Crippen molar-refractivity contribution in [2.45, 2.75) is 0 Å². The molecule has 4 nitrogen and oxygen atoms in total. The molecule has 4 heteroatoms. The van der Waals surface area contributed by atoms with Gasteiger partial charge < -0.3 is 15.2 Å². The Morgan fingerprint density at radius 3 is 2.59 bits per heavy atom. The highest BCUT2D eigenvalue weighted by Crippen LogP contribution is 2.23. The number of fused-ring (bicyclic) bond motifs is 1. The number of anilines is 1. The van der Waals surface area contributed by atoms with Crippen molar-refractivity contribution in [1.82, 2.24) is 9.38 Å². The Kier molecular flexibility index (Phi) is 2.01. The molecular weight excluding hydrogens is 214 g/mol. The van der Waals surface area contributed by atoms with Crippen LogP contribution in [0.5, 0.6) is 5.75 Å². The molecule has 1 aromatic carbocycles. The fourth-order valence-corrected chi connectivity index (χ4v) is 1.79. The standard InChI is InChI=1S/C13H11N3O/c14-10-5-3-9(4-6-10)11-8-16-7-1-2-12(17)13(16)15-11/h1-8,17H,14H2.